The van der Waals surface area contributed by atoms with E-state index < -0.39 is 0 Å². The highest BCUT2D eigenvalue weighted by atomic mass is 32.1. The van der Waals surface area contributed by atoms with Gasteiger partial charge in [0.1, 0.15) is 5.82 Å². The van der Waals surface area contributed by atoms with Gasteiger partial charge in [-0.3, -0.25) is 9.69 Å². The van der Waals surface area contributed by atoms with Crippen LogP contribution in [-0.4, -0.2) is 41.9 Å². The third-order valence-electron chi connectivity index (χ3n) is 7.59. The summed E-state index contributed by atoms with van der Waals surface area (Å²) in [5.41, 5.74) is 5.79. The maximum atomic E-state index is 13.7. The summed E-state index contributed by atoms with van der Waals surface area (Å²) in [6.07, 6.45) is 4.17. The number of carbonyl (C=O) groups is 1. The molecule has 0 unspecified atom stereocenters. The number of hydrogen-bond acceptors (Lipinski definition) is 3. The Balaban J connectivity index is 1.22. The number of nitrogens with zero attached hydrogens (tertiary/aromatic N) is 2. The molecule has 2 fully saturated rings. The van der Waals surface area contributed by atoms with Gasteiger partial charge in [0.05, 0.1) is 0 Å². The van der Waals surface area contributed by atoms with Gasteiger partial charge in [0.15, 0.2) is 0 Å². The van der Waals surface area contributed by atoms with Crippen LogP contribution in [0.5, 0.6) is 0 Å². The number of piperidine rings is 1. The van der Waals surface area contributed by atoms with E-state index in [9.17, 15) is 9.18 Å². The summed E-state index contributed by atoms with van der Waals surface area (Å²) in [5.74, 6) is -0.0415. The van der Waals surface area contributed by atoms with Gasteiger partial charge in [-0.05, 0) is 84.2 Å². The molecule has 0 saturated carbocycles. The molecule has 0 aliphatic carbocycles. The van der Waals surface area contributed by atoms with E-state index in [4.69, 9.17) is 0 Å². The topological polar surface area (TPSA) is 23.6 Å². The molecular formula is C32H31FN2OS. The van der Waals surface area contributed by atoms with Crippen molar-refractivity contribution in [2.45, 2.75) is 32.2 Å². The quantitative estimate of drug-likeness (QED) is 0.280. The van der Waals surface area contributed by atoms with Crippen LogP contribution < -0.4 is 0 Å². The zero-order valence-corrected chi connectivity index (χ0v) is 21.8. The van der Waals surface area contributed by atoms with Crippen LogP contribution >= 0.6 is 11.3 Å². The summed E-state index contributed by atoms with van der Waals surface area (Å²) in [7, 11) is 0. The number of halogens is 1. The maximum Gasteiger partial charge on any atom is 0.253 e. The minimum atomic E-state index is -0.204. The highest BCUT2D eigenvalue weighted by Crippen LogP contribution is 2.38. The Morgan fingerprint density at radius 1 is 0.811 bits per heavy atom. The van der Waals surface area contributed by atoms with Crippen molar-refractivity contribution < 1.29 is 9.18 Å². The van der Waals surface area contributed by atoms with Gasteiger partial charge in [-0.25, -0.2) is 4.39 Å². The highest BCUT2D eigenvalue weighted by molar-refractivity contribution is 7.20. The van der Waals surface area contributed by atoms with Gasteiger partial charge in [-0.15, -0.1) is 11.3 Å². The summed E-state index contributed by atoms with van der Waals surface area (Å²) in [4.78, 5) is 18.6. The molecule has 2 saturated heterocycles. The third-order valence-corrected chi connectivity index (χ3v) is 8.72. The smallest absolute Gasteiger partial charge is 0.253 e. The number of carbonyl (C=O) groups excluding carboxylic acids is 1. The summed E-state index contributed by atoms with van der Waals surface area (Å²) < 4.78 is 15.0. The first-order valence-electron chi connectivity index (χ1n) is 13.2. The largest absolute Gasteiger partial charge is 0.339 e. The molecule has 2 aliphatic heterocycles. The van der Waals surface area contributed by atoms with Crippen molar-refractivity contribution in [1.29, 1.82) is 0 Å². The predicted octanol–water partition coefficient (Wildman–Crippen LogP) is 7.37. The normalized spacial score (nSPS) is 16.5. The van der Waals surface area contributed by atoms with Crippen molar-refractivity contribution in [3.8, 4) is 0 Å². The summed E-state index contributed by atoms with van der Waals surface area (Å²) in [5, 5.41) is 1.25. The van der Waals surface area contributed by atoms with Crippen molar-refractivity contribution in [3.05, 3.63) is 112 Å². The number of rotatable bonds is 5. The molecule has 37 heavy (non-hydrogen) atoms. The molecule has 0 spiro atoms. The molecule has 188 valence electrons. The fraction of sp³-hybridized carbons (Fsp3) is 0.281. The van der Waals surface area contributed by atoms with Crippen molar-refractivity contribution >= 4 is 32.9 Å². The molecule has 5 heteroatoms. The number of benzene rings is 3. The molecule has 4 aromatic rings. The zero-order chi connectivity index (χ0) is 25.2. The predicted molar refractivity (Wildman–Crippen MR) is 150 cm³/mol. The SMILES string of the molecule is O=C(c1cccc(CN2CCC(=C(c3ccc(F)cc3)c3cc4ccccc4s3)CC2)c1)N1CCCC1. The minimum Gasteiger partial charge on any atom is -0.339 e. The van der Waals surface area contributed by atoms with Gasteiger partial charge in [-0.1, -0.05) is 48.0 Å². The van der Waals surface area contributed by atoms with Gasteiger partial charge < -0.3 is 4.90 Å². The molecule has 2 aliphatic rings. The molecule has 6 rings (SSSR count). The van der Waals surface area contributed by atoms with Crippen LogP contribution in [-0.2, 0) is 6.54 Å². The van der Waals surface area contributed by atoms with Crippen LogP contribution in [0.3, 0.4) is 0 Å². The second-order valence-electron chi connectivity index (χ2n) is 10.1. The van der Waals surface area contributed by atoms with Gasteiger partial charge in [-0.2, -0.15) is 0 Å². The Hall–Kier alpha value is -3.28. The fourth-order valence-corrected chi connectivity index (χ4v) is 6.82. The number of hydrogen-bond donors (Lipinski definition) is 0. The molecule has 3 aromatic carbocycles. The van der Waals surface area contributed by atoms with E-state index in [1.54, 1.807) is 12.1 Å². The van der Waals surface area contributed by atoms with Gasteiger partial charge in [0.25, 0.3) is 5.91 Å². The molecule has 0 radical (unpaired) electrons. The molecule has 0 atom stereocenters. The van der Waals surface area contributed by atoms with Crippen LogP contribution in [0.25, 0.3) is 15.7 Å². The molecule has 3 heterocycles. The Morgan fingerprint density at radius 3 is 2.32 bits per heavy atom. The van der Waals surface area contributed by atoms with Crippen LogP contribution in [0.4, 0.5) is 4.39 Å². The van der Waals surface area contributed by atoms with Crippen molar-refractivity contribution in [2.24, 2.45) is 0 Å². The highest BCUT2D eigenvalue weighted by Gasteiger charge is 2.22. The van der Waals surface area contributed by atoms with Crippen LogP contribution in [0.15, 0.2) is 84.4 Å². The lowest BCUT2D eigenvalue weighted by Crippen LogP contribution is -2.31. The first kappa shape index (κ1) is 24.1. The lowest BCUT2D eigenvalue weighted by Gasteiger charge is -2.30. The fourth-order valence-electron chi connectivity index (χ4n) is 5.64. The van der Waals surface area contributed by atoms with E-state index in [1.165, 1.54) is 31.7 Å². The summed E-state index contributed by atoms with van der Waals surface area (Å²) in [6.45, 7) is 4.54. The third kappa shape index (κ3) is 5.25. The summed E-state index contributed by atoms with van der Waals surface area (Å²) in [6, 6.07) is 25.9. The van der Waals surface area contributed by atoms with Gasteiger partial charge in [0.2, 0.25) is 0 Å². The first-order chi connectivity index (χ1) is 18.1. The van der Waals surface area contributed by atoms with E-state index >= 15 is 0 Å². The monoisotopic (exact) mass is 510 g/mol. The standard InChI is InChI=1S/C32H31FN2OS/c33-28-12-10-24(11-13-28)31(30-21-26-7-1-2-9-29(26)37-30)25-14-18-34(19-15-25)22-23-6-5-8-27(20-23)32(36)35-16-3-4-17-35/h1-2,5-13,20-21H,3-4,14-19,22H2. The lowest BCUT2D eigenvalue weighted by molar-refractivity contribution is 0.0792. The molecule has 3 nitrogen and oxygen atoms in total. The van der Waals surface area contributed by atoms with Crippen molar-refractivity contribution in [3.63, 3.8) is 0 Å². The Labute approximate surface area is 221 Å². The Bertz CT molecular complexity index is 1410. The van der Waals surface area contributed by atoms with Gasteiger partial charge in [0, 0.05) is 47.9 Å². The lowest BCUT2D eigenvalue weighted by atomic mass is 9.91. The minimum absolute atomic E-state index is 0.162. The second kappa shape index (κ2) is 10.6. The van der Waals surface area contributed by atoms with E-state index in [0.717, 1.165) is 69.5 Å². The average molecular weight is 511 g/mol. The second-order valence-corrected chi connectivity index (χ2v) is 11.2. The number of likely N-dealkylation sites (tertiary alicyclic amines) is 2. The Morgan fingerprint density at radius 2 is 1.57 bits per heavy atom. The first-order valence-corrected chi connectivity index (χ1v) is 14.0. The zero-order valence-electron chi connectivity index (χ0n) is 21.0. The molecule has 1 amide bonds. The Kier molecular flexibility index (Phi) is 6.90. The molecule has 0 bridgehead atoms. The van der Waals surface area contributed by atoms with Crippen LogP contribution in [0.1, 0.15) is 52.0 Å². The molecule has 0 N–H and O–H groups in total. The van der Waals surface area contributed by atoms with E-state index in [1.807, 2.05) is 40.5 Å². The van der Waals surface area contributed by atoms with E-state index in [-0.39, 0.29) is 11.7 Å². The molecular weight excluding hydrogens is 479 g/mol. The van der Waals surface area contributed by atoms with Gasteiger partial charge >= 0.3 is 0 Å². The van der Waals surface area contributed by atoms with E-state index in [0.29, 0.717) is 0 Å². The van der Waals surface area contributed by atoms with E-state index in [2.05, 4.69) is 47.4 Å². The van der Waals surface area contributed by atoms with Crippen molar-refractivity contribution in [1.82, 2.24) is 9.80 Å². The number of amides is 1. The number of fused-ring (bicyclic) bond motifs is 1. The summed E-state index contributed by atoms with van der Waals surface area (Å²) >= 11 is 1.81. The maximum absolute atomic E-state index is 13.7. The average Bonchev–Trinajstić information content (AvgIpc) is 3.61. The van der Waals surface area contributed by atoms with Crippen molar-refractivity contribution in [2.75, 3.05) is 26.2 Å². The van der Waals surface area contributed by atoms with Crippen LogP contribution in [0, 0.1) is 5.82 Å². The van der Waals surface area contributed by atoms with Crippen LogP contribution in [0.2, 0.25) is 0 Å². The number of thiophene rings is 1. The molecule has 1 aromatic heterocycles.